The molecule has 0 aliphatic carbocycles. The Balaban J connectivity index is 1.71. The number of nitrogens with one attached hydrogen (secondary N) is 1. The predicted octanol–water partition coefficient (Wildman–Crippen LogP) is 5.30. The van der Waals surface area contributed by atoms with E-state index in [1.54, 1.807) is 0 Å². The molecule has 0 saturated heterocycles. The minimum atomic E-state index is -0.0851. The maximum Gasteiger partial charge on any atom is 0.322 e. The van der Waals surface area contributed by atoms with Crippen molar-refractivity contribution in [3.63, 3.8) is 0 Å². The largest absolute Gasteiger partial charge is 0.348 e. The molecule has 1 aromatic heterocycles. The van der Waals surface area contributed by atoms with Crippen molar-refractivity contribution in [2.45, 2.75) is 39.8 Å². The molecular formula is C24H27N3O. The highest BCUT2D eigenvalue weighted by atomic mass is 16.2. The van der Waals surface area contributed by atoms with Crippen molar-refractivity contribution < 1.29 is 4.79 Å². The van der Waals surface area contributed by atoms with Crippen LogP contribution in [0.25, 0.3) is 0 Å². The van der Waals surface area contributed by atoms with Gasteiger partial charge >= 0.3 is 6.03 Å². The molecule has 4 nitrogen and oxygen atoms in total. The highest BCUT2D eigenvalue weighted by Crippen LogP contribution is 2.35. The van der Waals surface area contributed by atoms with Crippen LogP contribution in [-0.4, -0.2) is 22.0 Å². The van der Waals surface area contributed by atoms with E-state index in [0.717, 1.165) is 29.9 Å². The minimum absolute atomic E-state index is 0.0432. The SMILES string of the molecule is CCc1ccccc1NC(=O)N1CCn2cccc2C1c1ccc(C)cc1C. The summed E-state index contributed by atoms with van der Waals surface area (Å²) in [6.07, 6.45) is 2.99. The van der Waals surface area contributed by atoms with E-state index in [1.165, 1.54) is 16.7 Å². The molecule has 144 valence electrons. The lowest BCUT2D eigenvalue weighted by atomic mass is 9.94. The van der Waals surface area contributed by atoms with Gasteiger partial charge in [0, 0.05) is 30.7 Å². The van der Waals surface area contributed by atoms with Crippen molar-refractivity contribution in [1.82, 2.24) is 9.47 Å². The van der Waals surface area contributed by atoms with E-state index in [2.05, 4.69) is 73.3 Å². The second kappa shape index (κ2) is 7.55. The lowest BCUT2D eigenvalue weighted by Gasteiger charge is -2.38. The summed E-state index contributed by atoms with van der Waals surface area (Å²) in [5.41, 5.74) is 6.85. The average Bonchev–Trinajstić information content (AvgIpc) is 3.17. The van der Waals surface area contributed by atoms with Crippen LogP contribution in [0, 0.1) is 13.8 Å². The molecule has 2 heterocycles. The summed E-state index contributed by atoms with van der Waals surface area (Å²) in [4.78, 5) is 15.3. The first-order valence-corrected chi connectivity index (χ1v) is 9.96. The van der Waals surface area contributed by atoms with E-state index in [4.69, 9.17) is 0 Å². The number of fused-ring (bicyclic) bond motifs is 1. The van der Waals surface area contributed by atoms with E-state index in [0.29, 0.717) is 6.54 Å². The van der Waals surface area contributed by atoms with Crippen LogP contribution in [-0.2, 0) is 13.0 Å². The highest BCUT2D eigenvalue weighted by Gasteiger charge is 2.33. The zero-order valence-corrected chi connectivity index (χ0v) is 16.8. The fourth-order valence-corrected chi connectivity index (χ4v) is 4.20. The molecule has 0 radical (unpaired) electrons. The van der Waals surface area contributed by atoms with Crippen molar-refractivity contribution in [2.24, 2.45) is 0 Å². The molecule has 0 spiro atoms. The molecule has 0 bridgehead atoms. The number of rotatable bonds is 3. The number of urea groups is 1. The fraction of sp³-hybridized carbons (Fsp3) is 0.292. The van der Waals surface area contributed by atoms with Gasteiger partial charge in [-0.1, -0.05) is 48.9 Å². The van der Waals surface area contributed by atoms with Gasteiger partial charge in [-0.2, -0.15) is 0 Å². The van der Waals surface area contributed by atoms with Gasteiger partial charge < -0.3 is 14.8 Å². The topological polar surface area (TPSA) is 37.3 Å². The summed E-state index contributed by atoms with van der Waals surface area (Å²) in [6.45, 7) is 7.84. The van der Waals surface area contributed by atoms with Crippen LogP contribution in [0.4, 0.5) is 10.5 Å². The van der Waals surface area contributed by atoms with Crippen LogP contribution < -0.4 is 5.32 Å². The number of aromatic nitrogens is 1. The average molecular weight is 374 g/mol. The molecule has 0 fully saturated rings. The summed E-state index contributed by atoms with van der Waals surface area (Å²) in [6, 6.07) is 18.6. The lowest BCUT2D eigenvalue weighted by Crippen LogP contribution is -2.44. The van der Waals surface area contributed by atoms with Gasteiger partial charge in [0.25, 0.3) is 0 Å². The van der Waals surface area contributed by atoms with Gasteiger partial charge in [-0.3, -0.25) is 0 Å². The number of carbonyl (C=O) groups excluding carboxylic acids is 1. The number of carbonyl (C=O) groups is 1. The van der Waals surface area contributed by atoms with Crippen LogP contribution in [0.2, 0.25) is 0 Å². The Labute approximate surface area is 166 Å². The number of anilines is 1. The Morgan fingerprint density at radius 1 is 1.07 bits per heavy atom. The standard InChI is InChI=1S/C24H27N3O/c1-4-19-8-5-6-9-21(19)25-24(28)27-15-14-26-13-7-10-22(26)23(27)20-12-11-17(2)16-18(20)3/h5-13,16,23H,4,14-15H2,1-3H3,(H,25,28). The summed E-state index contributed by atoms with van der Waals surface area (Å²) in [5, 5.41) is 3.16. The van der Waals surface area contributed by atoms with Crippen molar-refractivity contribution in [3.05, 3.63) is 88.7 Å². The zero-order valence-electron chi connectivity index (χ0n) is 16.8. The fourth-order valence-electron chi connectivity index (χ4n) is 4.20. The molecule has 1 aliphatic heterocycles. The minimum Gasteiger partial charge on any atom is -0.348 e. The monoisotopic (exact) mass is 373 g/mol. The molecule has 1 aliphatic rings. The highest BCUT2D eigenvalue weighted by molar-refractivity contribution is 5.90. The molecule has 3 aromatic rings. The first-order chi connectivity index (χ1) is 13.6. The normalized spacial score (nSPS) is 16.0. The third kappa shape index (κ3) is 3.31. The van der Waals surface area contributed by atoms with Gasteiger partial charge in [0.2, 0.25) is 0 Å². The quantitative estimate of drug-likeness (QED) is 0.664. The molecule has 1 unspecified atom stereocenters. The first-order valence-electron chi connectivity index (χ1n) is 9.96. The number of aryl methyl sites for hydroxylation is 3. The van der Waals surface area contributed by atoms with E-state index in [1.807, 2.05) is 23.1 Å². The summed E-state index contributed by atoms with van der Waals surface area (Å²) >= 11 is 0. The van der Waals surface area contributed by atoms with Crippen LogP contribution in [0.15, 0.2) is 60.8 Å². The summed E-state index contributed by atoms with van der Waals surface area (Å²) in [5.74, 6) is 0. The Morgan fingerprint density at radius 3 is 2.68 bits per heavy atom. The number of hydrogen-bond acceptors (Lipinski definition) is 1. The van der Waals surface area contributed by atoms with Gasteiger partial charge in [-0.15, -0.1) is 0 Å². The third-order valence-electron chi connectivity index (χ3n) is 5.66. The number of nitrogens with zero attached hydrogens (tertiary/aromatic N) is 2. The van der Waals surface area contributed by atoms with Crippen LogP contribution >= 0.6 is 0 Å². The molecule has 28 heavy (non-hydrogen) atoms. The smallest absolute Gasteiger partial charge is 0.322 e. The first kappa shape index (κ1) is 18.4. The van der Waals surface area contributed by atoms with Gasteiger partial charge in [0.15, 0.2) is 0 Å². The molecular weight excluding hydrogens is 346 g/mol. The molecule has 1 atom stereocenters. The number of para-hydroxylation sites is 1. The second-order valence-electron chi connectivity index (χ2n) is 7.52. The van der Waals surface area contributed by atoms with Crippen molar-refractivity contribution in [3.8, 4) is 0 Å². The number of amides is 2. The molecule has 2 aromatic carbocycles. The predicted molar refractivity (Wildman–Crippen MR) is 114 cm³/mol. The summed E-state index contributed by atoms with van der Waals surface area (Å²) in [7, 11) is 0. The summed E-state index contributed by atoms with van der Waals surface area (Å²) < 4.78 is 2.26. The second-order valence-corrected chi connectivity index (χ2v) is 7.52. The van der Waals surface area contributed by atoms with E-state index in [9.17, 15) is 4.79 Å². The Bertz CT molecular complexity index is 1000. The van der Waals surface area contributed by atoms with E-state index < -0.39 is 0 Å². The Morgan fingerprint density at radius 2 is 1.89 bits per heavy atom. The zero-order chi connectivity index (χ0) is 19.7. The molecule has 2 amide bonds. The van der Waals surface area contributed by atoms with E-state index >= 15 is 0 Å². The molecule has 1 N–H and O–H groups in total. The van der Waals surface area contributed by atoms with E-state index in [-0.39, 0.29) is 12.1 Å². The Hall–Kier alpha value is -3.01. The maximum atomic E-state index is 13.3. The third-order valence-corrected chi connectivity index (χ3v) is 5.66. The molecule has 0 saturated carbocycles. The molecule has 4 rings (SSSR count). The van der Waals surface area contributed by atoms with Gasteiger partial charge in [0.05, 0.1) is 6.04 Å². The van der Waals surface area contributed by atoms with Crippen LogP contribution in [0.1, 0.15) is 40.9 Å². The number of benzene rings is 2. The van der Waals surface area contributed by atoms with Crippen molar-refractivity contribution in [2.75, 3.05) is 11.9 Å². The van der Waals surface area contributed by atoms with Gasteiger partial charge in [-0.05, 0) is 55.2 Å². The van der Waals surface area contributed by atoms with Gasteiger partial charge in [0.1, 0.15) is 0 Å². The van der Waals surface area contributed by atoms with Crippen molar-refractivity contribution in [1.29, 1.82) is 0 Å². The Kier molecular flexibility index (Phi) is 4.95. The molecule has 4 heteroatoms. The number of hydrogen-bond donors (Lipinski definition) is 1. The van der Waals surface area contributed by atoms with Crippen LogP contribution in [0.3, 0.4) is 0 Å². The maximum absolute atomic E-state index is 13.3. The van der Waals surface area contributed by atoms with Crippen LogP contribution in [0.5, 0.6) is 0 Å². The lowest BCUT2D eigenvalue weighted by molar-refractivity contribution is 0.181. The van der Waals surface area contributed by atoms with Crippen molar-refractivity contribution >= 4 is 11.7 Å². The van der Waals surface area contributed by atoms with Gasteiger partial charge in [-0.25, -0.2) is 4.79 Å².